The first-order valence-electron chi connectivity index (χ1n) is 8.70. The lowest BCUT2D eigenvalue weighted by Gasteiger charge is -2.14. The number of carboxylic acid groups (broad SMARTS) is 1. The van der Waals surface area contributed by atoms with Gasteiger partial charge in [-0.05, 0) is 51.2 Å². The fraction of sp³-hybridized carbons (Fsp3) is 0.444. The van der Waals surface area contributed by atoms with Gasteiger partial charge in [0.15, 0.2) is 0 Å². The highest BCUT2D eigenvalue weighted by atomic mass is 32.1. The number of nitrogens with one attached hydrogen (secondary N) is 1. The second-order valence-corrected chi connectivity index (χ2v) is 7.75. The van der Waals surface area contributed by atoms with E-state index in [-0.39, 0.29) is 17.5 Å². The fourth-order valence-electron chi connectivity index (χ4n) is 3.09. The third-order valence-electron chi connectivity index (χ3n) is 4.27. The van der Waals surface area contributed by atoms with Crippen LogP contribution in [0.2, 0.25) is 0 Å². The quantitative estimate of drug-likeness (QED) is 0.775. The highest BCUT2D eigenvalue weighted by Crippen LogP contribution is 2.39. The van der Waals surface area contributed by atoms with Crippen LogP contribution in [0.5, 0.6) is 0 Å². The smallest absolute Gasteiger partial charge is 0.341 e. The predicted molar refractivity (Wildman–Crippen MR) is 97.0 cm³/mol. The van der Waals surface area contributed by atoms with Crippen molar-refractivity contribution in [2.24, 2.45) is 7.05 Å². The van der Waals surface area contributed by atoms with Crippen LogP contribution in [0.25, 0.3) is 0 Å². The first kappa shape index (κ1) is 19.1. The molecule has 0 saturated carbocycles. The van der Waals surface area contributed by atoms with Gasteiger partial charge in [-0.2, -0.15) is 5.10 Å². The number of carbonyl (C=O) groups excluding carboxylic acids is 3. The Morgan fingerprint density at radius 2 is 2.00 bits per heavy atom. The van der Waals surface area contributed by atoms with Gasteiger partial charge in [0.25, 0.3) is 5.91 Å². The van der Waals surface area contributed by atoms with Crippen molar-refractivity contribution in [2.75, 3.05) is 5.32 Å². The molecule has 8 nitrogen and oxygen atoms in total. The number of carbonyl (C=O) groups is 3. The minimum atomic E-state index is -1.46. The minimum absolute atomic E-state index is 0.0590. The lowest BCUT2D eigenvalue weighted by molar-refractivity contribution is -0.255. The maximum Gasteiger partial charge on any atom is 0.341 e. The van der Waals surface area contributed by atoms with Gasteiger partial charge in [0.1, 0.15) is 16.4 Å². The Morgan fingerprint density at radius 3 is 2.63 bits per heavy atom. The van der Waals surface area contributed by atoms with Gasteiger partial charge in [-0.3, -0.25) is 9.48 Å². The maximum atomic E-state index is 12.6. The van der Waals surface area contributed by atoms with Crippen molar-refractivity contribution in [3.63, 3.8) is 0 Å². The number of fused-ring (bicyclic) bond motifs is 1. The summed E-state index contributed by atoms with van der Waals surface area (Å²) < 4.78 is 6.53. The average molecular weight is 390 g/mol. The number of rotatable bonds is 5. The minimum Gasteiger partial charge on any atom is -0.543 e. The SMILES string of the molecule is CC(C)OC(=O)c1c(NC(=O)c2cc(C(=O)[O-])nn2C)sc2c1CCCC2. The topological polar surface area (TPSA) is 113 Å². The normalized spacial score (nSPS) is 13.3. The lowest BCUT2D eigenvalue weighted by Crippen LogP contribution is -2.22. The highest BCUT2D eigenvalue weighted by Gasteiger charge is 2.28. The summed E-state index contributed by atoms with van der Waals surface area (Å²) in [6.45, 7) is 3.54. The Balaban J connectivity index is 1.94. The van der Waals surface area contributed by atoms with Gasteiger partial charge in [0.2, 0.25) is 0 Å². The number of ether oxygens (including phenoxy) is 1. The number of carboxylic acids is 1. The van der Waals surface area contributed by atoms with E-state index in [1.165, 1.54) is 23.1 Å². The number of hydrogen-bond donors (Lipinski definition) is 1. The standard InChI is InChI=1S/C18H21N3O5S/c1-9(2)26-18(25)14-10-6-4-5-7-13(10)27-16(14)19-15(22)12-8-11(17(23)24)20-21(12)3/h8-9H,4-7H2,1-3H3,(H,19,22)(H,23,24)/p-1. The van der Waals surface area contributed by atoms with E-state index >= 15 is 0 Å². The summed E-state index contributed by atoms with van der Waals surface area (Å²) in [6, 6.07) is 1.14. The molecular weight excluding hydrogens is 370 g/mol. The van der Waals surface area contributed by atoms with Crippen molar-refractivity contribution in [3.05, 3.63) is 33.5 Å². The molecule has 1 amide bonds. The van der Waals surface area contributed by atoms with E-state index in [0.29, 0.717) is 10.6 Å². The number of hydrogen-bond acceptors (Lipinski definition) is 7. The molecule has 0 radical (unpaired) electrons. The Morgan fingerprint density at radius 1 is 1.30 bits per heavy atom. The van der Waals surface area contributed by atoms with Gasteiger partial charge in [-0.15, -0.1) is 11.3 Å². The zero-order valence-corrected chi connectivity index (χ0v) is 16.1. The molecule has 9 heteroatoms. The molecule has 0 aliphatic heterocycles. The van der Waals surface area contributed by atoms with Gasteiger partial charge in [0, 0.05) is 11.9 Å². The summed E-state index contributed by atoms with van der Waals surface area (Å²) in [5, 5.41) is 17.8. The first-order valence-corrected chi connectivity index (χ1v) is 9.51. The summed E-state index contributed by atoms with van der Waals surface area (Å²) in [6.07, 6.45) is 3.37. The molecule has 144 valence electrons. The number of aryl methyl sites for hydroxylation is 2. The number of anilines is 1. The lowest BCUT2D eigenvalue weighted by atomic mass is 9.95. The predicted octanol–water partition coefficient (Wildman–Crippen LogP) is 1.54. The summed E-state index contributed by atoms with van der Waals surface area (Å²) in [4.78, 5) is 37.3. The van der Waals surface area contributed by atoms with Crippen LogP contribution in [-0.2, 0) is 24.6 Å². The van der Waals surface area contributed by atoms with Crippen LogP contribution in [0, 0.1) is 0 Å². The largest absolute Gasteiger partial charge is 0.543 e. The Bertz CT molecular complexity index is 912. The van der Waals surface area contributed by atoms with Crippen LogP contribution in [0.1, 0.15) is 68.5 Å². The molecule has 3 rings (SSSR count). The van der Waals surface area contributed by atoms with Crippen molar-refractivity contribution in [1.82, 2.24) is 9.78 Å². The summed E-state index contributed by atoms with van der Waals surface area (Å²) in [7, 11) is 1.47. The molecule has 1 aliphatic rings. The molecule has 0 aromatic carbocycles. The molecule has 0 atom stereocenters. The van der Waals surface area contributed by atoms with E-state index in [0.717, 1.165) is 42.2 Å². The van der Waals surface area contributed by atoms with Gasteiger partial charge >= 0.3 is 5.97 Å². The van der Waals surface area contributed by atoms with Crippen LogP contribution in [0.3, 0.4) is 0 Å². The number of amides is 1. The average Bonchev–Trinajstić information content (AvgIpc) is 3.14. The summed E-state index contributed by atoms with van der Waals surface area (Å²) in [5.41, 5.74) is 1.07. The number of aromatic carboxylic acids is 1. The zero-order chi connectivity index (χ0) is 19.7. The molecule has 2 aromatic rings. The Kier molecular flexibility index (Phi) is 5.31. The van der Waals surface area contributed by atoms with Gasteiger partial charge < -0.3 is 20.0 Å². The number of aromatic nitrogens is 2. The molecule has 2 aromatic heterocycles. The number of nitrogens with zero attached hydrogens (tertiary/aromatic N) is 2. The number of thiophene rings is 1. The van der Waals surface area contributed by atoms with E-state index in [1.54, 1.807) is 13.8 Å². The molecule has 0 bridgehead atoms. The molecule has 1 aliphatic carbocycles. The number of esters is 1. The first-order chi connectivity index (χ1) is 12.8. The Hall–Kier alpha value is -2.68. The van der Waals surface area contributed by atoms with E-state index < -0.39 is 17.8 Å². The van der Waals surface area contributed by atoms with Crippen LogP contribution in [0.15, 0.2) is 6.07 Å². The molecule has 0 fully saturated rings. The molecule has 0 spiro atoms. The fourth-order valence-corrected chi connectivity index (χ4v) is 4.36. The van der Waals surface area contributed by atoms with E-state index in [2.05, 4.69) is 10.4 Å². The van der Waals surface area contributed by atoms with Gasteiger partial charge in [-0.1, -0.05) is 0 Å². The van der Waals surface area contributed by atoms with E-state index in [9.17, 15) is 19.5 Å². The van der Waals surface area contributed by atoms with Crippen molar-refractivity contribution in [2.45, 2.75) is 45.6 Å². The molecule has 1 N–H and O–H groups in total. The second kappa shape index (κ2) is 7.51. The third-order valence-corrected chi connectivity index (χ3v) is 5.47. The van der Waals surface area contributed by atoms with Crippen molar-refractivity contribution >= 4 is 34.2 Å². The monoisotopic (exact) mass is 390 g/mol. The second-order valence-electron chi connectivity index (χ2n) is 6.65. The van der Waals surface area contributed by atoms with Crippen LogP contribution >= 0.6 is 11.3 Å². The van der Waals surface area contributed by atoms with Crippen LogP contribution in [-0.4, -0.2) is 33.7 Å². The third kappa shape index (κ3) is 3.87. The molecule has 2 heterocycles. The summed E-state index contributed by atoms with van der Waals surface area (Å²) in [5.74, 6) is -2.47. The van der Waals surface area contributed by atoms with Crippen molar-refractivity contribution in [3.8, 4) is 0 Å². The zero-order valence-electron chi connectivity index (χ0n) is 15.3. The van der Waals surface area contributed by atoms with E-state index in [1.807, 2.05) is 0 Å². The van der Waals surface area contributed by atoms with Crippen LogP contribution < -0.4 is 10.4 Å². The van der Waals surface area contributed by atoms with Gasteiger partial charge in [-0.25, -0.2) is 4.79 Å². The van der Waals surface area contributed by atoms with Gasteiger partial charge in [0.05, 0.1) is 17.6 Å². The van der Waals surface area contributed by atoms with Crippen molar-refractivity contribution in [1.29, 1.82) is 0 Å². The summed E-state index contributed by atoms with van der Waals surface area (Å²) >= 11 is 1.37. The molecule has 0 unspecified atom stereocenters. The molecular formula is C18H20N3O5S-. The highest BCUT2D eigenvalue weighted by molar-refractivity contribution is 7.17. The van der Waals surface area contributed by atoms with Crippen molar-refractivity contribution < 1.29 is 24.2 Å². The van der Waals surface area contributed by atoms with E-state index in [4.69, 9.17) is 4.74 Å². The molecule has 0 saturated heterocycles. The maximum absolute atomic E-state index is 12.6. The Labute approximate surface area is 160 Å². The molecule has 27 heavy (non-hydrogen) atoms. The van der Waals surface area contributed by atoms with Crippen LogP contribution in [0.4, 0.5) is 5.00 Å².